The van der Waals surface area contributed by atoms with E-state index in [1.54, 1.807) is 33.7 Å². The molecule has 1 fully saturated rings. The summed E-state index contributed by atoms with van der Waals surface area (Å²) in [6.07, 6.45) is -0.180. The van der Waals surface area contributed by atoms with Gasteiger partial charge in [-0.05, 0) is 48.4 Å². The van der Waals surface area contributed by atoms with Crippen LogP contribution in [0.3, 0.4) is 0 Å². The summed E-state index contributed by atoms with van der Waals surface area (Å²) in [5.41, 5.74) is 3.49. The average Bonchev–Trinajstić information content (AvgIpc) is 3.31. The summed E-state index contributed by atoms with van der Waals surface area (Å²) in [6.45, 7) is 4.38. The Morgan fingerprint density at radius 2 is 1.71 bits per heavy atom. The summed E-state index contributed by atoms with van der Waals surface area (Å²) in [7, 11) is 1.60. The van der Waals surface area contributed by atoms with Gasteiger partial charge in [-0.25, -0.2) is 4.68 Å². The van der Waals surface area contributed by atoms with Gasteiger partial charge in [0.1, 0.15) is 11.9 Å². The van der Waals surface area contributed by atoms with Crippen molar-refractivity contribution in [1.29, 1.82) is 0 Å². The van der Waals surface area contributed by atoms with Crippen LogP contribution in [0.5, 0.6) is 5.75 Å². The van der Waals surface area contributed by atoms with E-state index in [1.165, 1.54) is 0 Å². The summed E-state index contributed by atoms with van der Waals surface area (Å²) in [5, 5.41) is 9.05. The Balaban J connectivity index is 1.22. The van der Waals surface area contributed by atoms with Gasteiger partial charge in [0.25, 0.3) is 11.8 Å². The van der Waals surface area contributed by atoms with Crippen molar-refractivity contribution in [1.82, 2.24) is 24.8 Å². The van der Waals surface area contributed by atoms with Gasteiger partial charge in [-0.15, -0.1) is 5.10 Å². The summed E-state index contributed by atoms with van der Waals surface area (Å²) in [5.74, 6) is 0.488. The van der Waals surface area contributed by atoms with Crippen molar-refractivity contribution in [2.45, 2.75) is 26.2 Å². The van der Waals surface area contributed by atoms with Crippen molar-refractivity contribution in [3.63, 3.8) is 0 Å². The Labute approximate surface area is 208 Å². The molecule has 2 amide bonds. The molecule has 0 aliphatic carbocycles. The topological polar surface area (TPSA) is 89.8 Å². The number of benzene rings is 2. The van der Waals surface area contributed by atoms with Crippen LogP contribution in [0.2, 0.25) is 5.02 Å². The van der Waals surface area contributed by atoms with Crippen LogP contribution in [0.25, 0.3) is 0 Å². The number of halogens is 1. The second kappa shape index (κ2) is 9.67. The van der Waals surface area contributed by atoms with E-state index >= 15 is 0 Å². The average molecular weight is 496 g/mol. The molecule has 3 heterocycles. The van der Waals surface area contributed by atoms with Crippen LogP contribution in [0.15, 0.2) is 42.5 Å². The fraction of sp³-hybridized carbons (Fsp3) is 0.360. The number of hydrogen-bond acceptors (Lipinski definition) is 6. The Morgan fingerprint density at radius 1 is 1.03 bits per heavy atom. The molecule has 2 aromatic carbocycles. The Morgan fingerprint density at radius 3 is 2.37 bits per heavy atom. The zero-order valence-electron chi connectivity index (χ0n) is 19.6. The van der Waals surface area contributed by atoms with Crippen molar-refractivity contribution < 1.29 is 19.1 Å². The number of amides is 2. The molecular weight excluding hydrogens is 470 g/mol. The lowest BCUT2D eigenvalue weighted by molar-refractivity contribution is -0.00202. The number of carbonyl (C=O) groups excluding carboxylic acids is 2. The van der Waals surface area contributed by atoms with E-state index in [-0.39, 0.29) is 24.5 Å². The number of methoxy groups -OCH3 is 1. The molecule has 10 heteroatoms. The maximum atomic E-state index is 13.2. The maximum Gasteiger partial charge on any atom is 0.276 e. The largest absolute Gasteiger partial charge is 0.497 e. The molecule has 9 nitrogen and oxygen atoms in total. The highest BCUT2D eigenvalue weighted by atomic mass is 35.5. The summed E-state index contributed by atoms with van der Waals surface area (Å²) in [4.78, 5) is 29.7. The highest BCUT2D eigenvalue weighted by Gasteiger charge is 2.32. The standard InChI is InChI=1S/C25H26ClN5O4/c1-16-13-19(34-2)7-8-20(16)24(32)29-9-11-30(12-10-29)25(33)23-21-15-35-22(14-31(21)28-27-23)17-3-5-18(26)6-4-17/h3-8,13,22H,9-12,14-15H2,1-2H3. The van der Waals surface area contributed by atoms with Gasteiger partial charge in [0.15, 0.2) is 5.69 Å². The van der Waals surface area contributed by atoms with Gasteiger partial charge in [-0.2, -0.15) is 0 Å². The van der Waals surface area contributed by atoms with Crippen molar-refractivity contribution in [2.24, 2.45) is 0 Å². The van der Waals surface area contributed by atoms with Crippen LogP contribution >= 0.6 is 11.6 Å². The first-order chi connectivity index (χ1) is 16.9. The number of aromatic nitrogens is 3. The quantitative estimate of drug-likeness (QED) is 0.552. The third-order valence-electron chi connectivity index (χ3n) is 6.56. The molecule has 2 aliphatic heterocycles. The number of fused-ring (bicyclic) bond motifs is 1. The van der Waals surface area contributed by atoms with Gasteiger partial charge < -0.3 is 19.3 Å². The normalized spacial score (nSPS) is 17.7. The van der Waals surface area contributed by atoms with Gasteiger partial charge in [0.05, 0.1) is 26.0 Å². The van der Waals surface area contributed by atoms with Gasteiger partial charge >= 0.3 is 0 Å². The third kappa shape index (κ3) is 4.61. The van der Waals surface area contributed by atoms with E-state index in [0.717, 1.165) is 16.9 Å². The van der Waals surface area contributed by atoms with E-state index < -0.39 is 0 Å². The minimum absolute atomic E-state index is 0.0417. The van der Waals surface area contributed by atoms with Crippen LogP contribution in [-0.4, -0.2) is 69.9 Å². The van der Waals surface area contributed by atoms with Crippen molar-refractivity contribution in [3.8, 4) is 5.75 Å². The molecule has 1 atom stereocenters. The molecule has 0 N–H and O–H groups in total. The molecule has 0 saturated carbocycles. The molecule has 1 unspecified atom stereocenters. The summed E-state index contributed by atoms with van der Waals surface area (Å²) in [6, 6.07) is 12.9. The van der Waals surface area contributed by atoms with Crippen LogP contribution in [0.4, 0.5) is 0 Å². The molecule has 182 valence electrons. The number of piperazine rings is 1. The number of nitrogens with zero attached hydrogens (tertiary/aromatic N) is 5. The second-order valence-electron chi connectivity index (χ2n) is 8.68. The SMILES string of the molecule is COc1ccc(C(=O)N2CCN(C(=O)c3nnn4c3COC(c3ccc(Cl)cc3)C4)CC2)c(C)c1. The first kappa shape index (κ1) is 23.3. The van der Waals surface area contributed by atoms with Gasteiger partial charge in [0, 0.05) is 36.8 Å². The maximum absolute atomic E-state index is 13.2. The molecule has 0 bridgehead atoms. The van der Waals surface area contributed by atoms with Gasteiger partial charge in [-0.1, -0.05) is 28.9 Å². The molecular formula is C25H26ClN5O4. The molecule has 1 aromatic heterocycles. The fourth-order valence-electron chi connectivity index (χ4n) is 4.49. The van der Waals surface area contributed by atoms with Gasteiger partial charge in [-0.3, -0.25) is 9.59 Å². The molecule has 0 radical (unpaired) electrons. The lowest BCUT2D eigenvalue weighted by atomic mass is 10.1. The monoisotopic (exact) mass is 495 g/mol. The zero-order valence-corrected chi connectivity index (χ0v) is 20.4. The number of ether oxygens (including phenoxy) is 2. The van der Waals surface area contributed by atoms with Crippen LogP contribution in [0, 0.1) is 6.92 Å². The van der Waals surface area contributed by atoms with E-state index in [4.69, 9.17) is 21.1 Å². The van der Waals surface area contributed by atoms with E-state index in [1.807, 2.05) is 37.3 Å². The molecule has 35 heavy (non-hydrogen) atoms. The highest BCUT2D eigenvalue weighted by Crippen LogP contribution is 2.28. The molecule has 5 rings (SSSR count). The Hall–Kier alpha value is -3.43. The lowest BCUT2D eigenvalue weighted by Crippen LogP contribution is -2.51. The predicted octanol–water partition coefficient (Wildman–Crippen LogP) is 3.12. The molecule has 2 aliphatic rings. The molecule has 1 saturated heterocycles. The Kier molecular flexibility index (Phi) is 6.44. The van der Waals surface area contributed by atoms with Crippen LogP contribution in [-0.2, 0) is 17.9 Å². The second-order valence-corrected chi connectivity index (χ2v) is 9.12. The molecule has 0 spiro atoms. The first-order valence-corrected chi connectivity index (χ1v) is 11.8. The summed E-state index contributed by atoms with van der Waals surface area (Å²) >= 11 is 5.98. The zero-order chi connectivity index (χ0) is 24.5. The molecule has 3 aromatic rings. The fourth-order valence-corrected chi connectivity index (χ4v) is 4.62. The number of rotatable bonds is 4. The summed E-state index contributed by atoms with van der Waals surface area (Å²) < 4.78 is 13.0. The van der Waals surface area contributed by atoms with Crippen molar-refractivity contribution in [3.05, 3.63) is 75.6 Å². The van der Waals surface area contributed by atoms with Crippen LogP contribution < -0.4 is 4.74 Å². The lowest BCUT2D eigenvalue weighted by Gasteiger charge is -2.35. The number of carbonyl (C=O) groups is 2. The van der Waals surface area contributed by atoms with E-state index in [0.29, 0.717) is 54.7 Å². The first-order valence-electron chi connectivity index (χ1n) is 11.5. The predicted molar refractivity (Wildman–Crippen MR) is 129 cm³/mol. The third-order valence-corrected chi connectivity index (χ3v) is 6.81. The Bertz CT molecular complexity index is 1250. The van der Waals surface area contributed by atoms with E-state index in [2.05, 4.69) is 10.3 Å². The van der Waals surface area contributed by atoms with Crippen molar-refractivity contribution in [2.75, 3.05) is 33.3 Å². The number of hydrogen-bond donors (Lipinski definition) is 0. The smallest absolute Gasteiger partial charge is 0.276 e. The van der Waals surface area contributed by atoms with Crippen molar-refractivity contribution >= 4 is 23.4 Å². The van der Waals surface area contributed by atoms with Gasteiger partial charge in [0.2, 0.25) is 0 Å². The minimum Gasteiger partial charge on any atom is -0.497 e. The van der Waals surface area contributed by atoms with E-state index in [9.17, 15) is 9.59 Å². The van der Waals surface area contributed by atoms with Crippen LogP contribution in [0.1, 0.15) is 43.8 Å². The highest BCUT2D eigenvalue weighted by molar-refractivity contribution is 6.30. The number of aryl methyl sites for hydroxylation is 1. The minimum atomic E-state index is -0.187.